The van der Waals surface area contributed by atoms with Crippen molar-refractivity contribution in [2.45, 2.75) is 44.8 Å². The second kappa shape index (κ2) is 11.0. The Bertz CT molecular complexity index is 1180. The van der Waals surface area contributed by atoms with Crippen LogP contribution in [0.3, 0.4) is 0 Å². The van der Waals surface area contributed by atoms with Gasteiger partial charge in [0.2, 0.25) is 5.91 Å². The molecule has 4 rings (SSSR count). The molecule has 0 bridgehead atoms. The van der Waals surface area contributed by atoms with Crippen molar-refractivity contribution < 1.29 is 33.1 Å². The molecule has 9 heteroatoms. The lowest BCUT2D eigenvalue weighted by atomic mass is 10.1. The van der Waals surface area contributed by atoms with Crippen molar-refractivity contribution in [1.82, 2.24) is 10.1 Å². The van der Waals surface area contributed by atoms with Gasteiger partial charge in [-0.1, -0.05) is 23.4 Å². The second-order valence-electron chi connectivity index (χ2n) is 8.43. The molecule has 1 fully saturated rings. The first kappa shape index (κ1) is 24.3. The SMILES string of the molecule is COc1cc(CC(=O)N2CCCC2c2cc(CCC(=O)O)on2)ccc1OCc1ccc(F)cc1. The molecule has 2 aromatic carbocycles. The van der Waals surface area contributed by atoms with Crippen molar-refractivity contribution in [3.05, 3.63) is 76.9 Å². The van der Waals surface area contributed by atoms with Gasteiger partial charge in [0.1, 0.15) is 23.9 Å². The fraction of sp³-hybridized carbons (Fsp3) is 0.346. The van der Waals surface area contributed by atoms with E-state index in [2.05, 4.69) is 5.16 Å². The Balaban J connectivity index is 1.39. The molecule has 184 valence electrons. The third-order valence-electron chi connectivity index (χ3n) is 5.97. The molecule has 1 aliphatic heterocycles. The van der Waals surface area contributed by atoms with Crippen molar-refractivity contribution in [2.24, 2.45) is 0 Å². The molecule has 8 nitrogen and oxygen atoms in total. The third kappa shape index (κ3) is 6.17. The average Bonchev–Trinajstić information content (AvgIpc) is 3.52. The van der Waals surface area contributed by atoms with Gasteiger partial charge in [-0.2, -0.15) is 0 Å². The zero-order chi connectivity index (χ0) is 24.8. The highest BCUT2D eigenvalue weighted by Crippen LogP contribution is 2.33. The summed E-state index contributed by atoms with van der Waals surface area (Å²) in [4.78, 5) is 25.7. The van der Waals surface area contributed by atoms with Crippen LogP contribution in [0.15, 0.2) is 53.1 Å². The topological polar surface area (TPSA) is 102 Å². The summed E-state index contributed by atoms with van der Waals surface area (Å²) in [6.07, 6.45) is 2.05. The van der Waals surface area contributed by atoms with E-state index in [0.29, 0.717) is 29.5 Å². The lowest BCUT2D eigenvalue weighted by molar-refractivity contribution is -0.137. The van der Waals surface area contributed by atoms with Crippen LogP contribution in [0.25, 0.3) is 0 Å². The van der Waals surface area contributed by atoms with E-state index in [1.807, 2.05) is 6.07 Å². The summed E-state index contributed by atoms with van der Waals surface area (Å²) in [7, 11) is 1.54. The van der Waals surface area contributed by atoms with Crippen molar-refractivity contribution in [3.8, 4) is 11.5 Å². The monoisotopic (exact) mass is 482 g/mol. The Kier molecular flexibility index (Phi) is 7.64. The Hall–Kier alpha value is -3.88. The van der Waals surface area contributed by atoms with Crippen LogP contribution in [0, 0.1) is 5.82 Å². The van der Waals surface area contributed by atoms with E-state index in [0.717, 1.165) is 24.0 Å². The number of carbonyl (C=O) groups is 2. The molecule has 1 atom stereocenters. The smallest absolute Gasteiger partial charge is 0.303 e. The third-order valence-corrected chi connectivity index (χ3v) is 5.97. The number of aryl methyl sites for hydroxylation is 1. The lowest BCUT2D eigenvalue weighted by Gasteiger charge is -2.23. The van der Waals surface area contributed by atoms with Crippen LogP contribution in [-0.2, 0) is 29.0 Å². The van der Waals surface area contributed by atoms with Crippen molar-refractivity contribution in [3.63, 3.8) is 0 Å². The van der Waals surface area contributed by atoms with E-state index in [4.69, 9.17) is 19.1 Å². The fourth-order valence-corrected chi connectivity index (χ4v) is 4.17. The maximum absolute atomic E-state index is 13.1. The standard InChI is InChI=1S/C26H27FN2O6/c1-33-24-13-18(6-10-23(24)34-16-17-4-7-19(27)8-5-17)14-25(30)29-12-2-3-22(29)21-15-20(35-28-21)9-11-26(31)32/h4-8,10,13,15,22H,2-3,9,11-12,14,16H2,1H3,(H,31,32). The summed E-state index contributed by atoms with van der Waals surface area (Å²) in [5.74, 6) is 0.302. The van der Waals surface area contributed by atoms with Crippen LogP contribution in [0.1, 0.15) is 47.9 Å². The Labute approximate surface area is 202 Å². The Morgan fingerprint density at radius 2 is 1.91 bits per heavy atom. The molecule has 1 saturated heterocycles. The molecule has 1 unspecified atom stereocenters. The number of hydrogen-bond acceptors (Lipinski definition) is 6. The highest BCUT2D eigenvalue weighted by Gasteiger charge is 2.32. The van der Waals surface area contributed by atoms with Crippen LogP contribution in [0.2, 0.25) is 0 Å². The number of halogens is 1. The Morgan fingerprint density at radius 1 is 1.14 bits per heavy atom. The number of aliphatic carboxylic acids is 1. The zero-order valence-corrected chi connectivity index (χ0v) is 19.4. The molecule has 35 heavy (non-hydrogen) atoms. The molecular weight excluding hydrogens is 455 g/mol. The van der Waals surface area contributed by atoms with Crippen LogP contribution < -0.4 is 9.47 Å². The van der Waals surface area contributed by atoms with Crippen molar-refractivity contribution in [1.29, 1.82) is 0 Å². The highest BCUT2D eigenvalue weighted by molar-refractivity contribution is 5.79. The predicted octanol–water partition coefficient (Wildman–Crippen LogP) is 4.32. The average molecular weight is 483 g/mol. The van der Waals surface area contributed by atoms with E-state index in [1.54, 1.807) is 35.2 Å². The molecule has 3 aromatic rings. The Morgan fingerprint density at radius 3 is 2.66 bits per heavy atom. The summed E-state index contributed by atoms with van der Waals surface area (Å²) in [6.45, 7) is 0.882. The van der Waals surface area contributed by atoms with Crippen molar-refractivity contribution >= 4 is 11.9 Å². The number of methoxy groups -OCH3 is 1. The first-order valence-electron chi connectivity index (χ1n) is 11.4. The maximum Gasteiger partial charge on any atom is 0.303 e. The number of carboxylic acids is 1. The molecule has 2 heterocycles. The number of nitrogens with zero attached hydrogens (tertiary/aromatic N) is 2. The van der Waals surface area contributed by atoms with Gasteiger partial charge in [-0.15, -0.1) is 0 Å². The minimum absolute atomic E-state index is 0.0343. The first-order valence-corrected chi connectivity index (χ1v) is 11.4. The number of amides is 1. The van der Waals surface area contributed by atoms with Gasteiger partial charge in [0, 0.05) is 19.0 Å². The van der Waals surface area contributed by atoms with Gasteiger partial charge in [0.15, 0.2) is 11.5 Å². The van der Waals surface area contributed by atoms with E-state index < -0.39 is 5.97 Å². The molecule has 1 aromatic heterocycles. The molecule has 1 N–H and O–H groups in total. The summed E-state index contributed by atoms with van der Waals surface area (Å²) in [5, 5.41) is 12.9. The predicted molar refractivity (Wildman–Crippen MR) is 124 cm³/mol. The van der Waals surface area contributed by atoms with Crippen molar-refractivity contribution in [2.75, 3.05) is 13.7 Å². The van der Waals surface area contributed by atoms with Crippen LogP contribution in [-0.4, -0.2) is 40.7 Å². The molecule has 0 radical (unpaired) electrons. The van der Waals surface area contributed by atoms with E-state index in [9.17, 15) is 14.0 Å². The largest absolute Gasteiger partial charge is 0.493 e. The quantitative estimate of drug-likeness (QED) is 0.459. The lowest BCUT2D eigenvalue weighted by Crippen LogP contribution is -2.32. The number of aromatic nitrogens is 1. The molecule has 0 saturated carbocycles. The number of carboxylic acid groups (broad SMARTS) is 1. The zero-order valence-electron chi connectivity index (χ0n) is 19.4. The summed E-state index contributed by atoms with van der Waals surface area (Å²) >= 11 is 0. The van der Waals surface area contributed by atoms with Gasteiger partial charge in [0.05, 0.1) is 26.0 Å². The molecule has 1 aliphatic rings. The number of hydrogen-bond donors (Lipinski definition) is 1. The van der Waals surface area contributed by atoms with Gasteiger partial charge in [0.25, 0.3) is 0 Å². The number of likely N-dealkylation sites (tertiary alicyclic amines) is 1. The molecule has 0 aliphatic carbocycles. The second-order valence-corrected chi connectivity index (χ2v) is 8.43. The van der Waals surface area contributed by atoms with Crippen LogP contribution >= 0.6 is 0 Å². The van der Waals surface area contributed by atoms with Gasteiger partial charge in [-0.05, 0) is 48.2 Å². The molecular formula is C26H27FN2O6. The number of ether oxygens (including phenoxy) is 2. The number of benzene rings is 2. The van der Waals surface area contributed by atoms with Gasteiger partial charge in [-0.25, -0.2) is 4.39 Å². The maximum atomic E-state index is 13.1. The summed E-state index contributed by atoms with van der Waals surface area (Å²) < 4.78 is 29.7. The van der Waals surface area contributed by atoms with Gasteiger partial charge >= 0.3 is 5.97 Å². The highest BCUT2D eigenvalue weighted by atomic mass is 19.1. The minimum atomic E-state index is -0.900. The molecule has 1 amide bonds. The van der Waals surface area contributed by atoms with Gasteiger partial charge < -0.3 is 24.0 Å². The van der Waals surface area contributed by atoms with E-state index in [-0.39, 0.29) is 43.6 Å². The molecule has 0 spiro atoms. The summed E-state index contributed by atoms with van der Waals surface area (Å²) in [5.41, 5.74) is 2.26. The minimum Gasteiger partial charge on any atom is -0.493 e. The number of rotatable bonds is 10. The van der Waals surface area contributed by atoms with Gasteiger partial charge in [-0.3, -0.25) is 9.59 Å². The first-order chi connectivity index (χ1) is 16.9. The normalized spacial score (nSPS) is 15.3. The van der Waals surface area contributed by atoms with E-state index >= 15 is 0 Å². The summed E-state index contributed by atoms with van der Waals surface area (Å²) in [6, 6.07) is 13.0. The van der Waals surface area contributed by atoms with Crippen LogP contribution in [0.4, 0.5) is 4.39 Å². The van der Waals surface area contributed by atoms with Crippen LogP contribution in [0.5, 0.6) is 11.5 Å². The van der Waals surface area contributed by atoms with E-state index in [1.165, 1.54) is 19.2 Å². The fourth-order valence-electron chi connectivity index (χ4n) is 4.17. The number of carbonyl (C=O) groups excluding carboxylic acids is 1.